The van der Waals surface area contributed by atoms with Crippen LogP contribution in [0.4, 0.5) is 0 Å². The van der Waals surface area contributed by atoms with Crippen LogP contribution in [0.3, 0.4) is 0 Å². The molecule has 0 radical (unpaired) electrons. The highest BCUT2D eigenvalue weighted by Gasteiger charge is 2.58. The third kappa shape index (κ3) is 12.5. The normalized spacial score (nSPS) is 25.9. The molecule has 2 aliphatic heterocycles. The average Bonchev–Trinajstić information content (AvgIpc) is 3.12. The summed E-state index contributed by atoms with van der Waals surface area (Å²) in [5.74, 6) is -1.49. The van der Waals surface area contributed by atoms with Gasteiger partial charge in [-0.05, 0) is 53.2 Å². The molecule has 2 saturated heterocycles. The molecule has 0 spiro atoms. The van der Waals surface area contributed by atoms with E-state index in [1.165, 1.54) is 0 Å². The molecule has 0 unspecified atom stereocenters. The molecule has 2 aliphatic rings. The highest BCUT2D eigenvalue weighted by molar-refractivity contribution is 6.77. The predicted molar refractivity (Wildman–Crippen MR) is 234 cm³/mol. The molecular formula is C46H78O9Si2. The summed E-state index contributed by atoms with van der Waals surface area (Å²) in [6.45, 7) is 33.8. The third-order valence-corrected chi connectivity index (χ3v) is 23.8. The van der Waals surface area contributed by atoms with Crippen molar-refractivity contribution in [1.82, 2.24) is 0 Å². The van der Waals surface area contributed by atoms with Crippen LogP contribution in [0.25, 0.3) is 0 Å². The highest BCUT2D eigenvalue weighted by Crippen LogP contribution is 2.51. The van der Waals surface area contributed by atoms with Gasteiger partial charge in [0.25, 0.3) is 0 Å². The van der Waals surface area contributed by atoms with Crippen LogP contribution < -0.4 is 0 Å². The number of carbonyl (C=O) groups excluding carboxylic acids is 2. The third-order valence-electron chi connectivity index (χ3n) is 13.2. The number of methoxy groups -OCH3 is 1. The van der Waals surface area contributed by atoms with Crippen molar-refractivity contribution in [3.05, 3.63) is 60.2 Å². The van der Waals surface area contributed by atoms with Crippen LogP contribution in [0.5, 0.6) is 0 Å². The van der Waals surface area contributed by atoms with E-state index in [2.05, 4.69) is 114 Å². The van der Waals surface area contributed by atoms with E-state index in [0.29, 0.717) is 61.9 Å². The summed E-state index contributed by atoms with van der Waals surface area (Å²) in [6.07, 6.45) is 5.27. The van der Waals surface area contributed by atoms with Gasteiger partial charge in [-0.15, -0.1) is 0 Å². The first-order chi connectivity index (χ1) is 26.6. The van der Waals surface area contributed by atoms with Gasteiger partial charge >= 0.3 is 5.97 Å². The van der Waals surface area contributed by atoms with Crippen LogP contribution in [0.15, 0.2) is 54.6 Å². The molecule has 0 aliphatic carbocycles. The average molecular weight is 831 g/mol. The summed E-state index contributed by atoms with van der Waals surface area (Å²) in [6, 6.07) is 10.2. The van der Waals surface area contributed by atoms with Gasteiger partial charge in [0, 0.05) is 31.8 Å². The summed E-state index contributed by atoms with van der Waals surface area (Å²) in [4.78, 5) is 25.5. The lowest BCUT2D eigenvalue weighted by Gasteiger charge is -2.56. The number of benzene rings is 1. The van der Waals surface area contributed by atoms with Gasteiger partial charge < -0.3 is 37.3 Å². The van der Waals surface area contributed by atoms with E-state index in [1.54, 1.807) is 13.2 Å². The second kappa shape index (κ2) is 21.0. The lowest BCUT2D eigenvalue weighted by Crippen LogP contribution is -2.63. The van der Waals surface area contributed by atoms with Crippen molar-refractivity contribution in [2.24, 2.45) is 5.41 Å². The van der Waals surface area contributed by atoms with E-state index in [1.807, 2.05) is 18.2 Å². The van der Waals surface area contributed by atoms with Crippen molar-refractivity contribution >= 4 is 28.9 Å². The Labute approximate surface area is 348 Å². The summed E-state index contributed by atoms with van der Waals surface area (Å²) >= 11 is 0. The number of rotatable bonds is 21. The molecule has 0 saturated carbocycles. The Balaban J connectivity index is 1.99. The molecule has 2 fully saturated rings. The fourth-order valence-electron chi connectivity index (χ4n) is 9.05. The molecule has 0 N–H and O–H groups in total. The number of esters is 1. The summed E-state index contributed by atoms with van der Waals surface area (Å²) in [5, 5.41) is -0.0744. The van der Waals surface area contributed by atoms with Crippen molar-refractivity contribution in [1.29, 1.82) is 0 Å². The second-order valence-electron chi connectivity index (χ2n) is 19.4. The van der Waals surface area contributed by atoms with Crippen molar-refractivity contribution in [3.63, 3.8) is 0 Å². The van der Waals surface area contributed by atoms with Gasteiger partial charge in [0.1, 0.15) is 19.0 Å². The smallest absolute Gasteiger partial charge is 0.308 e. The molecule has 57 heavy (non-hydrogen) atoms. The molecule has 11 heteroatoms. The Morgan fingerprint density at radius 3 is 2.16 bits per heavy atom. The number of aldehydes is 1. The first kappa shape index (κ1) is 49.4. The van der Waals surface area contributed by atoms with E-state index >= 15 is 0 Å². The fourth-order valence-corrected chi connectivity index (χ4v) is 15.8. The Morgan fingerprint density at radius 2 is 1.61 bits per heavy atom. The van der Waals surface area contributed by atoms with Gasteiger partial charge in [0.2, 0.25) is 8.32 Å². The van der Waals surface area contributed by atoms with Gasteiger partial charge in [-0.1, -0.05) is 131 Å². The monoisotopic (exact) mass is 831 g/mol. The summed E-state index contributed by atoms with van der Waals surface area (Å²) in [7, 11) is -2.69. The van der Waals surface area contributed by atoms with Crippen molar-refractivity contribution in [3.8, 4) is 0 Å². The highest BCUT2D eigenvalue weighted by atomic mass is 28.4. The zero-order valence-corrected chi connectivity index (χ0v) is 40.0. The predicted octanol–water partition coefficient (Wildman–Crippen LogP) is 10.9. The standard InChI is InChI=1S/C46H78O9Si2/c1-16-23-50-43(48)29-39(55-56(14,15)44(8,9)10)27-38-28-42(51-32-36-20-18-17-19-21-36)45(11,12)46(49-13,54-38)30-40-25-37(26-41(31-47)53-40)22-24-52-57(33(2)3,34(4)5)35(6)7/h16-22,31,33-35,38-42H,1,23-30,32H2,2-15H3/b37-22-/t38-,39-,40+,41-,42+,46+/m1/s1. The number of ether oxygens (including phenoxy) is 5. The van der Waals surface area contributed by atoms with Crippen molar-refractivity contribution in [2.45, 2.75) is 192 Å². The van der Waals surface area contributed by atoms with Crippen LogP contribution in [0.2, 0.25) is 34.8 Å². The Morgan fingerprint density at radius 1 is 0.982 bits per heavy atom. The minimum Gasteiger partial charge on any atom is -0.461 e. The molecule has 3 rings (SSSR count). The Kier molecular flexibility index (Phi) is 18.2. The van der Waals surface area contributed by atoms with E-state index in [0.717, 1.165) is 17.4 Å². The first-order valence-electron chi connectivity index (χ1n) is 21.3. The lowest BCUT2D eigenvalue weighted by molar-refractivity contribution is -0.362. The van der Waals surface area contributed by atoms with Gasteiger partial charge in [0.05, 0.1) is 44.1 Å². The lowest BCUT2D eigenvalue weighted by atomic mass is 9.70. The summed E-state index contributed by atoms with van der Waals surface area (Å²) < 4.78 is 46.3. The molecular weight excluding hydrogens is 753 g/mol. The largest absolute Gasteiger partial charge is 0.461 e. The van der Waals surface area contributed by atoms with Gasteiger partial charge in [-0.3, -0.25) is 4.79 Å². The molecule has 9 nitrogen and oxygen atoms in total. The van der Waals surface area contributed by atoms with Crippen LogP contribution in [0, 0.1) is 5.41 Å². The minimum absolute atomic E-state index is 0.0744. The van der Waals surface area contributed by atoms with Gasteiger partial charge in [-0.2, -0.15) is 0 Å². The SMILES string of the molecule is C=CCOC(=O)C[C@@H](C[C@@H]1C[C@H](OCc2ccccc2)C(C)(C)[C@@](C[C@@H]2C/C(=C/CO[Si](C(C)C)(C(C)C)C(C)C)C[C@H](C=O)O2)(OC)O1)O[Si](C)(C)C(C)(C)C. The van der Waals surface area contributed by atoms with Crippen LogP contribution >= 0.6 is 0 Å². The minimum atomic E-state index is -2.31. The van der Waals surface area contributed by atoms with E-state index in [9.17, 15) is 9.59 Å². The molecule has 1 aromatic rings. The van der Waals surface area contributed by atoms with E-state index in [4.69, 9.17) is 32.5 Å². The Bertz CT molecular complexity index is 1430. The molecule has 0 amide bonds. The molecule has 2 heterocycles. The maximum Gasteiger partial charge on any atom is 0.308 e. The molecule has 324 valence electrons. The maximum atomic E-state index is 13.1. The topological polar surface area (TPSA) is 98.8 Å². The van der Waals surface area contributed by atoms with E-state index < -0.39 is 40.0 Å². The number of hydrogen-bond donors (Lipinski definition) is 0. The maximum absolute atomic E-state index is 13.1. The van der Waals surface area contributed by atoms with Crippen LogP contribution in [-0.2, 0) is 48.7 Å². The number of hydrogen-bond acceptors (Lipinski definition) is 9. The second-order valence-corrected chi connectivity index (χ2v) is 29.6. The van der Waals surface area contributed by atoms with Crippen molar-refractivity contribution in [2.75, 3.05) is 20.3 Å². The van der Waals surface area contributed by atoms with Gasteiger partial charge in [0.15, 0.2) is 14.1 Å². The molecule has 6 atom stereocenters. The van der Waals surface area contributed by atoms with E-state index in [-0.39, 0.29) is 42.3 Å². The van der Waals surface area contributed by atoms with Gasteiger partial charge in [-0.25, -0.2) is 0 Å². The molecule has 0 aromatic heterocycles. The zero-order valence-electron chi connectivity index (χ0n) is 38.0. The van der Waals surface area contributed by atoms with Crippen LogP contribution in [-0.4, -0.2) is 85.5 Å². The number of carbonyl (C=O) groups is 2. The molecule has 1 aromatic carbocycles. The molecule has 0 bridgehead atoms. The fraction of sp³-hybridized carbons (Fsp3) is 0.739. The first-order valence-corrected chi connectivity index (χ1v) is 26.4. The van der Waals surface area contributed by atoms with Crippen molar-refractivity contribution < 1.29 is 42.1 Å². The van der Waals surface area contributed by atoms with Crippen LogP contribution in [0.1, 0.15) is 120 Å². The Hall–Kier alpha value is -1.97. The quantitative estimate of drug-likeness (QED) is 0.0519. The zero-order chi connectivity index (χ0) is 42.8. The summed E-state index contributed by atoms with van der Waals surface area (Å²) in [5.41, 5.74) is 3.00.